The second-order valence-electron chi connectivity index (χ2n) is 3.42. The fourth-order valence-electron chi connectivity index (χ4n) is 1.68. The Kier molecular flexibility index (Phi) is 1.84. The Hall–Kier alpha value is -1.97. The maximum atomic E-state index is 4.51. The monoisotopic (exact) mass is 198 g/mol. The molecule has 1 aromatic heterocycles. The molecule has 0 radical (unpaired) electrons. The molecule has 3 rings (SSSR count). The van der Waals surface area contributed by atoms with Gasteiger partial charge in [0.05, 0.1) is 18.8 Å². The zero-order chi connectivity index (χ0) is 10.1. The smallest absolute Gasteiger partial charge is 0.144 e. The molecule has 4 heteroatoms. The standard InChI is InChI=1S/C11H10N4/c1-2-9(8-12-5-1)10-3-4-11-13-6-7-15(11)14-10/h1-5,8H,6-7H2. The van der Waals surface area contributed by atoms with E-state index >= 15 is 0 Å². The van der Waals surface area contributed by atoms with Crippen molar-refractivity contribution in [3.05, 3.63) is 42.2 Å². The molecule has 0 spiro atoms. The van der Waals surface area contributed by atoms with Gasteiger partial charge >= 0.3 is 0 Å². The summed E-state index contributed by atoms with van der Waals surface area (Å²) in [6.07, 6.45) is 7.57. The number of hydrazone groups is 1. The SMILES string of the molecule is C1=CC2=NCCN2N=C1c1cccnc1. The lowest BCUT2D eigenvalue weighted by atomic mass is 10.1. The van der Waals surface area contributed by atoms with Crippen molar-refractivity contribution in [2.24, 2.45) is 10.1 Å². The molecule has 1 aromatic rings. The van der Waals surface area contributed by atoms with Crippen molar-refractivity contribution in [2.45, 2.75) is 0 Å². The number of rotatable bonds is 1. The van der Waals surface area contributed by atoms with Crippen molar-refractivity contribution in [2.75, 3.05) is 13.1 Å². The third kappa shape index (κ3) is 1.44. The Morgan fingerprint density at radius 1 is 1.27 bits per heavy atom. The Morgan fingerprint density at radius 3 is 3.13 bits per heavy atom. The summed E-state index contributed by atoms with van der Waals surface area (Å²) in [5.74, 6) is 0.961. The van der Waals surface area contributed by atoms with Crippen molar-refractivity contribution < 1.29 is 0 Å². The Balaban J connectivity index is 1.97. The summed E-state index contributed by atoms with van der Waals surface area (Å²) in [6, 6.07) is 3.92. The zero-order valence-corrected chi connectivity index (χ0v) is 8.17. The second-order valence-corrected chi connectivity index (χ2v) is 3.42. The molecule has 0 N–H and O–H groups in total. The summed E-state index contributed by atoms with van der Waals surface area (Å²) in [7, 11) is 0. The molecule has 0 aromatic carbocycles. The predicted molar refractivity (Wildman–Crippen MR) is 58.9 cm³/mol. The van der Waals surface area contributed by atoms with Crippen LogP contribution in [-0.2, 0) is 0 Å². The van der Waals surface area contributed by atoms with Crippen LogP contribution in [0.4, 0.5) is 0 Å². The summed E-state index contributed by atoms with van der Waals surface area (Å²) in [5.41, 5.74) is 1.99. The van der Waals surface area contributed by atoms with Crippen LogP contribution in [0, 0.1) is 0 Å². The maximum absolute atomic E-state index is 4.51. The van der Waals surface area contributed by atoms with Crippen LogP contribution in [0.3, 0.4) is 0 Å². The summed E-state index contributed by atoms with van der Waals surface area (Å²) < 4.78 is 0. The summed E-state index contributed by atoms with van der Waals surface area (Å²) in [5, 5.41) is 6.44. The minimum absolute atomic E-state index is 0.837. The quantitative estimate of drug-likeness (QED) is 0.677. The first-order valence-electron chi connectivity index (χ1n) is 4.92. The first-order chi connectivity index (χ1) is 7.43. The summed E-state index contributed by atoms with van der Waals surface area (Å²) in [4.78, 5) is 8.40. The molecule has 0 bridgehead atoms. The van der Waals surface area contributed by atoms with Gasteiger partial charge in [0.1, 0.15) is 5.84 Å². The van der Waals surface area contributed by atoms with Gasteiger partial charge in [-0.05, 0) is 24.3 Å². The maximum Gasteiger partial charge on any atom is 0.144 e. The highest BCUT2D eigenvalue weighted by atomic mass is 15.5. The topological polar surface area (TPSA) is 40.9 Å². The molecule has 0 amide bonds. The molecule has 0 atom stereocenters. The highest BCUT2D eigenvalue weighted by molar-refractivity contribution is 6.14. The van der Waals surface area contributed by atoms with Crippen LogP contribution < -0.4 is 0 Å². The van der Waals surface area contributed by atoms with Gasteiger partial charge in [-0.3, -0.25) is 9.98 Å². The van der Waals surface area contributed by atoms with Crippen LogP contribution in [0.1, 0.15) is 5.56 Å². The number of nitrogens with zero attached hydrogens (tertiary/aromatic N) is 4. The number of aromatic nitrogens is 1. The highest BCUT2D eigenvalue weighted by Gasteiger charge is 2.18. The van der Waals surface area contributed by atoms with E-state index in [4.69, 9.17) is 0 Å². The van der Waals surface area contributed by atoms with E-state index < -0.39 is 0 Å². The van der Waals surface area contributed by atoms with Gasteiger partial charge in [0.25, 0.3) is 0 Å². The minimum atomic E-state index is 0.837. The van der Waals surface area contributed by atoms with E-state index in [-0.39, 0.29) is 0 Å². The molecular formula is C11H10N4. The molecule has 2 aliphatic heterocycles. The van der Waals surface area contributed by atoms with E-state index in [1.165, 1.54) is 0 Å². The average molecular weight is 198 g/mol. The molecule has 0 unspecified atom stereocenters. The number of pyridine rings is 1. The molecule has 3 heterocycles. The van der Waals surface area contributed by atoms with Crippen LogP contribution in [0.5, 0.6) is 0 Å². The van der Waals surface area contributed by atoms with Gasteiger partial charge in [-0.2, -0.15) is 5.10 Å². The van der Waals surface area contributed by atoms with Crippen molar-refractivity contribution in [1.82, 2.24) is 9.99 Å². The molecule has 74 valence electrons. The minimum Gasteiger partial charge on any atom is -0.265 e. The Morgan fingerprint density at radius 2 is 2.27 bits per heavy atom. The Labute approximate surface area is 87.7 Å². The van der Waals surface area contributed by atoms with Crippen LogP contribution in [0.15, 0.2) is 46.8 Å². The van der Waals surface area contributed by atoms with Crippen LogP contribution in [0.25, 0.3) is 0 Å². The van der Waals surface area contributed by atoms with E-state index in [1.807, 2.05) is 35.5 Å². The zero-order valence-electron chi connectivity index (χ0n) is 8.17. The van der Waals surface area contributed by atoms with Crippen molar-refractivity contribution in [3.63, 3.8) is 0 Å². The first kappa shape index (κ1) is 8.35. The summed E-state index contributed by atoms with van der Waals surface area (Å²) >= 11 is 0. The lowest BCUT2D eigenvalue weighted by molar-refractivity contribution is 0.490. The van der Waals surface area contributed by atoms with Gasteiger partial charge in [-0.25, -0.2) is 5.01 Å². The second kappa shape index (κ2) is 3.31. The third-order valence-electron chi connectivity index (χ3n) is 2.43. The summed E-state index contributed by atoms with van der Waals surface area (Å²) in [6.45, 7) is 1.72. The molecule has 4 nitrogen and oxygen atoms in total. The first-order valence-corrected chi connectivity index (χ1v) is 4.92. The predicted octanol–water partition coefficient (Wildman–Crippen LogP) is 1.07. The largest absolute Gasteiger partial charge is 0.265 e. The normalized spacial score (nSPS) is 18.5. The number of hydrogen-bond donors (Lipinski definition) is 0. The lowest BCUT2D eigenvalue weighted by Gasteiger charge is -2.17. The highest BCUT2D eigenvalue weighted by Crippen LogP contribution is 2.12. The van der Waals surface area contributed by atoms with E-state index in [2.05, 4.69) is 15.1 Å². The van der Waals surface area contributed by atoms with E-state index in [9.17, 15) is 0 Å². The number of allylic oxidation sites excluding steroid dienone is 1. The lowest BCUT2D eigenvalue weighted by Crippen LogP contribution is -2.25. The molecule has 0 saturated carbocycles. The van der Waals surface area contributed by atoms with Crippen LogP contribution in [0.2, 0.25) is 0 Å². The van der Waals surface area contributed by atoms with Gasteiger partial charge in [0.2, 0.25) is 0 Å². The van der Waals surface area contributed by atoms with E-state index in [1.54, 1.807) is 6.20 Å². The number of amidine groups is 1. The number of aliphatic imine (C=N–C) groups is 1. The van der Waals surface area contributed by atoms with Crippen molar-refractivity contribution in [3.8, 4) is 0 Å². The number of fused-ring (bicyclic) bond motifs is 1. The average Bonchev–Trinajstić information content (AvgIpc) is 2.77. The fraction of sp³-hybridized carbons (Fsp3) is 0.182. The van der Waals surface area contributed by atoms with E-state index in [0.717, 1.165) is 30.2 Å². The molecule has 15 heavy (non-hydrogen) atoms. The van der Waals surface area contributed by atoms with Crippen molar-refractivity contribution >= 4 is 11.5 Å². The molecular weight excluding hydrogens is 188 g/mol. The van der Waals surface area contributed by atoms with Crippen LogP contribution >= 0.6 is 0 Å². The molecule has 2 aliphatic rings. The molecule has 0 fully saturated rings. The molecule has 0 aliphatic carbocycles. The Bertz CT molecular complexity index is 459. The van der Waals surface area contributed by atoms with Crippen molar-refractivity contribution in [1.29, 1.82) is 0 Å². The van der Waals surface area contributed by atoms with Gasteiger partial charge in [-0.1, -0.05) is 0 Å². The third-order valence-corrected chi connectivity index (χ3v) is 2.43. The van der Waals surface area contributed by atoms with Gasteiger partial charge in [-0.15, -0.1) is 0 Å². The van der Waals surface area contributed by atoms with Crippen LogP contribution in [-0.4, -0.2) is 34.6 Å². The van der Waals surface area contributed by atoms with Gasteiger partial charge in [0.15, 0.2) is 0 Å². The fourth-order valence-corrected chi connectivity index (χ4v) is 1.68. The van der Waals surface area contributed by atoms with E-state index in [0.29, 0.717) is 0 Å². The molecule has 0 saturated heterocycles. The van der Waals surface area contributed by atoms with Gasteiger partial charge < -0.3 is 0 Å². The number of hydrogen-bond acceptors (Lipinski definition) is 4. The van der Waals surface area contributed by atoms with Gasteiger partial charge in [0, 0.05) is 18.0 Å².